The quantitative estimate of drug-likeness (QED) is 0.647. The first-order valence-corrected chi connectivity index (χ1v) is 9.86. The molecule has 1 aliphatic heterocycles. The van der Waals surface area contributed by atoms with Gasteiger partial charge in [0.05, 0.1) is 6.04 Å². The smallest absolute Gasteiger partial charge is 0.410 e. The van der Waals surface area contributed by atoms with Crippen LogP contribution in [0.4, 0.5) is 4.79 Å². The first-order valence-electron chi connectivity index (χ1n) is 8.73. The Morgan fingerprint density at radius 2 is 2.07 bits per heavy atom. The number of nitrogens with one attached hydrogen (secondary N) is 1. The maximum Gasteiger partial charge on any atom is 0.410 e. The Kier molecular flexibility index (Phi) is 6.12. The molecular formula is C19H20Cl3N3O3. The number of carbonyl (C=O) groups is 2. The van der Waals surface area contributed by atoms with Gasteiger partial charge >= 0.3 is 6.09 Å². The molecule has 0 unspecified atom stereocenters. The van der Waals surface area contributed by atoms with Crippen LogP contribution < -0.4 is 5.73 Å². The third-order valence-electron chi connectivity index (χ3n) is 4.58. The summed E-state index contributed by atoms with van der Waals surface area (Å²) in [7, 11) is 0. The fourth-order valence-corrected chi connectivity index (χ4v) is 3.80. The summed E-state index contributed by atoms with van der Waals surface area (Å²) in [6.45, 7) is 1.65. The highest BCUT2D eigenvalue weighted by molar-refractivity contribution is 6.67. The number of aromatic amines is 1. The molecule has 0 saturated carbocycles. The highest BCUT2D eigenvalue weighted by Crippen LogP contribution is 2.40. The van der Waals surface area contributed by atoms with Crippen LogP contribution in [0, 0.1) is 0 Å². The number of nitrogens with zero attached hydrogens (tertiary/aromatic N) is 1. The fraction of sp³-hybridized carbons (Fsp3) is 0.368. The second-order valence-corrected chi connectivity index (χ2v) is 9.20. The molecule has 2 heterocycles. The molecule has 2 amide bonds. The average Bonchev–Trinajstić information content (AvgIpc) is 3.03. The van der Waals surface area contributed by atoms with Gasteiger partial charge in [-0.25, -0.2) is 4.79 Å². The van der Waals surface area contributed by atoms with Crippen molar-refractivity contribution in [2.24, 2.45) is 5.73 Å². The van der Waals surface area contributed by atoms with E-state index in [4.69, 9.17) is 39.5 Å². The fourth-order valence-electron chi connectivity index (χ4n) is 3.64. The predicted molar refractivity (Wildman–Crippen MR) is 112 cm³/mol. The molecule has 3 N–H and O–H groups in total. The number of amides is 2. The molecule has 0 saturated heterocycles. The minimum atomic E-state index is -1.60. The van der Waals surface area contributed by atoms with Gasteiger partial charge in [-0.05, 0) is 35.6 Å². The summed E-state index contributed by atoms with van der Waals surface area (Å²) in [5.41, 5.74) is 9.16. The number of primary amides is 1. The number of hydrogen-bond donors (Lipinski definition) is 2. The number of fused-ring (bicyclic) bond motifs is 2. The van der Waals surface area contributed by atoms with Gasteiger partial charge < -0.3 is 20.4 Å². The Hall–Kier alpha value is -1.89. The van der Waals surface area contributed by atoms with Gasteiger partial charge in [0.2, 0.25) is 9.70 Å². The number of rotatable bonds is 1. The molecule has 0 bridgehead atoms. The van der Waals surface area contributed by atoms with Crippen molar-refractivity contribution in [3.8, 4) is 0 Å². The first kappa shape index (κ1) is 20.8. The molecule has 2 aliphatic rings. The molecule has 0 spiro atoms. The monoisotopic (exact) mass is 443 g/mol. The summed E-state index contributed by atoms with van der Waals surface area (Å²) < 4.78 is 3.59. The van der Waals surface area contributed by atoms with Crippen molar-refractivity contribution in [3.05, 3.63) is 41.6 Å². The van der Waals surface area contributed by atoms with Crippen LogP contribution in [-0.2, 0) is 16.0 Å². The van der Waals surface area contributed by atoms with Crippen molar-refractivity contribution in [1.82, 2.24) is 9.88 Å². The molecule has 28 heavy (non-hydrogen) atoms. The number of aromatic nitrogens is 1. The zero-order valence-electron chi connectivity index (χ0n) is 15.2. The predicted octanol–water partition coefficient (Wildman–Crippen LogP) is 4.18. The standard InChI is InChI=1S/C17H15Cl3N2O2.C2H5NO/c18-17(19,20)9-24-16(23)22-6-2-4-11-12-3-1-5-13-15(12)10(8-21-13)7-14(11)22;1-2(3)4/h1,3-5,8,14,21H,2,6-7,9H2;1H3,(H2,3,4)/t14-;/m1./s1. The molecule has 9 heteroatoms. The van der Waals surface area contributed by atoms with Gasteiger partial charge in [0.15, 0.2) is 0 Å². The second-order valence-electron chi connectivity index (χ2n) is 6.68. The van der Waals surface area contributed by atoms with Crippen molar-refractivity contribution in [2.45, 2.75) is 29.6 Å². The van der Waals surface area contributed by atoms with E-state index in [1.54, 1.807) is 4.90 Å². The lowest BCUT2D eigenvalue weighted by molar-refractivity contribution is -0.115. The number of ether oxygens (including phenoxy) is 1. The summed E-state index contributed by atoms with van der Waals surface area (Å²) in [5, 5.41) is 1.25. The maximum absolute atomic E-state index is 12.5. The number of alkyl halides is 3. The summed E-state index contributed by atoms with van der Waals surface area (Å²) in [6, 6.07) is 6.16. The molecule has 1 aromatic carbocycles. The van der Waals surface area contributed by atoms with Gasteiger partial charge in [-0.1, -0.05) is 53.0 Å². The first-order chi connectivity index (χ1) is 13.2. The third-order valence-corrected chi connectivity index (χ3v) is 4.90. The van der Waals surface area contributed by atoms with E-state index in [1.165, 1.54) is 29.0 Å². The van der Waals surface area contributed by atoms with Gasteiger partial charge in [0.1, 0.15) is 6.61 Å². The number of halogens is 3. The van der Waals surface area contributed by atoms with Crippen molar-refractivity contribution in [2.75, 3.05) is 13.2 Å². The molecule has 1 atom stereocenters. The minimum absolute atomic E-state index is 0.0458. The highest BCUT2D eigenvalue weighted by Gasteiger charge is 2.36. The SMILES string of the molecule is CC(N)=O.O=C(OCC(Cl)(Cl)Cl)N1CCC=C2c3cccc4[nH]cc(c34)C[C@H]21. The molecule has 0 radical (unpaired) electrons. The van der Waals surface area contributed by atoms with E-state index in [0.717, 1.165) is 18.4 Å². The average molecular weight is 445 g/mol. The van der Waals surface area contributed by atoms with E-state index < -0.39 is 9.89 Å². The van der Waals surface area contributed by atoms with Crippen LogP contribution in [0.5, 0.6) is 0 Å². The molecule has 150 valence electrons. The van der Waals surface area contributed by atoms with Gasteiger partial charge in [0.25, 0.3) is 0 Å². The molecule has 0 fully saturated rings. The maximum atomic E-state index is 12.5. The largest absolute Gasteiger partial charge is 0.445 e. The van der Waals surface area contributed by atoms with Crippen LogP contribution in [0.25, 0.3) is 16.5 Å². The van der Waals surface area contributed by atoms with Crippen LogP contribution in [0.3, 0.4) is 0 Å². The summed E-state index contributed by atoms with van der Waals surface area (Å²) >= 11 is 17.0. The Bertz CT molecular complexity index is 929. The number of carbonyl (C=O) groups excluding carboxylic acids is 2. The van der Waals surface area contributed by atoms with Gasteiger partial charge in [-0.2, -0.15) is 0 Å². The Labute approximate surface area is 177 Å². The van der Waals surface area contributed by atoms with Crippen LogP contribution in [0.1, 0.15) is 24.5 Å². The number of nitrogens with two attached hydrogens (primary N) is 1. The Morgan fingerprint density at radius 3 is 2.75 bits per heavy atom. The number of H-pyrrole nitrogens is 1. The normalized spacial score (nSPS) is 17.9. The van der Waals surface area contributed by atoms with Crippen LogP contribution >= 0.6 is 34.8 Å². The van der Waals surface area contributed by atoms with Crippen LogP contribution in [0.2, 0.25) is 0 Å². The number of hydrogen-bond acceptors (Lipinski definition) is 3. The summed E-state index contributed by atoms with van der Waals surface area (Å²) in [6.07, 6.45) is 5.33. The molecule has 1 aliphatic carbocycles. The Morgan fingerprint density at radius 1 is 1.36 bits per heavy atom. The van der Waals surface area contributed by atoms with E-state index in [0.29, 0.717) is 6.54 Å². The van der Waals surface area contributed by atoms with E-state index >= 15 is 0 Å². The second kappa shape index (κ2) is 8.23. The summed E-state index contributed by atoms with van der Waals surface area (Å²) in [5.74, 6) is -0.333. The van der Waals surface area contributed by atoms with Crippen LogP contribution in [-0.4, -0.2) is 44.9 Å². The van der Waals surface area contributed by atoms with Gasteiger partial charge in [-0.3, -0.25) is 4.79 Å². The van der Waals surface area contributed by atoms with E-state index in [1.807, 2.05) is 12.3 Å². The van der Waals surface area contributed by atoms with Gasteiger partial charge in [0, 0.05) is 30.6 Å². The molecule has 1 aromatic heterocycles. The minimum Gasteiger partial charge on any atom is -0.445 e. The van der Waals surface area contributed by atoms with E-state index in [9.17, 15) is 9.59 Å². The van der Waals surface area contributed by atoms with E-state index in [-0.39, 0.29) is 18.6 Å². The highest BCUT2D eigenvalue weighted by atomic mass is 35.6. The third kappa shape index (κ3) is 4.57. The topological polar surface area (TPSA) is 88.4 Å². The van der Waals surface area contributed by atoms with Crippen molar-refractivity contribution >= 4 is 63.3 Å². The lowest BCUT2D eigenvalue weighted by Crippen LogP contribution is -2.46. The zero-order chi connectivity index (χ0) is 20.5. The van der Waals surface area contributed by atoms with Crippen molar-refractivity contribution in [1.29, 1.82) is 0 Å². The molecule has 4 rings (SSSR count). The van der Waals surface area contributed by atoms with E-state index in [2.05, 4.69) is 28.9 Å². The summed E-state index contributed by atoms with van der Waals surface area (Å²) in [4.78, 5) is 26.7. The lowest BCUT2D eigenvalue weighted by Gasteiger charge is -2.38. The zero-order valence-corrected chi connectivity index (χ0v) is 17.4. The molecule has 2 aromatic rings. The lowest BCUT2D eigenvalue weighted by atomic mass is 9.82. The molecule has 6 nitrogen and oxygen atoms in total. The van der Waals surface area contributed by atoms with Crippen molar-refractivity contribution in [3.63, 3.8) is 0 Å². The number of benzene rings is 1. The molecular weight excluding hydrogens is 425 g/mol. The van der Waals surface area contributed by atoms with Crippen molar-refractivity contribution < 1.29 is 14.3 Å². The Balaban J connectivity index is 0.000000516. The van der Waals surface area contributed by atoms with Gasteiger partial charge in [-0.15, -0.1) is 0 Å². The van der Waals surface area contributed by atoms with Crippen LogP contribution in [0.15, 0.2) is 30.5 Å².